The number of esters is 1. The Labute approximate surface area is 178 Å². The van der Waals surface area contributed by atoms with Crippen molar-refractivity contribution in [1.82, 2.24) is 0 Å². The van der Waals surface area contributed by atoms with Gasteiger partial charge < -0.3 is 14.8 Å². The van der Waals surface area contributed by atoms with E-state index in [1.165, 1.54) is 19.2 Å². The second kappa shape index (κ2) is 9.59. The van der Waals surface area contributed by atoms with Gasteiger partial charge in [-0.3, -0.25) is 4.79 Å². The summed E-state index contributed by atoms with van der Waals surface area (Å²) in [6.07, 6.45) is 0. The first-order valence-electron chi connectivity index (χ1n) is 8.92. The Morgan fingerprint density at radius 3 is 2.63 bits per heavy atom. The molecule has 7 heteroatoms. The first kappa shape index (κ1) is 20.9. The van der Waals surface area contributed by atoms with Crippen LogP contribution in [-0.4, -0.2) is 19.0 Å². The van der Waals surface area contributed by atoms with Crippen molar-refractivity contribution in [2.75, 3.05) is 12.4 Å². The summed E-state index contributed by atoms with van der Waals surface area (Å²) < 4.78 is 10.4. The highest BCUT2D eigenvalue weighted by atomic mass is 35.5. The predicted octanol–water partition coefficient (Wildman–Crippen LogP) is 4.83. The SMILES string of the molecule is COC(=O)c1cc(NC(=O)c2cccc(OCc3ccccc3C#N)c2)ccc1Cl. The molecule has 0 aromatic heterocycles. The average molecular weight is 421 g/mol. The minimum absolute atomic E-state index is 0.158. The predicted molar refractivity (Wildman–Crippen MR) is 113 cm³/mol. The van der Waals surface area contributed by atoms with Crippen LogP contribution in [0.1, 0.15) is 31.8 Å². The van der Waals surface area contributed by atoms with Gasteiger partial charge in [-0.25, -0.2) is 4.79 Å². The van der Waals surface area contributed by atoms with Gasteiger partial charge >= 0.3 is 5.97 Å². The summed E-state index contributed by atoms with van der Waals surface area (Å²) in [6, 6.07) is 20.5. The lowest BCUT2D eigenvalue weighted by atomic mass is 10.1. The van der Waals surface area contributed by atoms with Gasteiger partial charge in [-0.2, -0.15) is 5.26 Å². The Bertz CT molecular complexity index is 1140. The Hall–Kier alpha value is -3.82. The Morgan fingerprint density at radius 1 is 1.07 bits per heavy atom. The van der Waals surface area contributed by atoms with E-state index in [1.807, 2.05) is 12.1 Å². The van der Waals surface area contributed by atoms with Crippen molar-refractivity contribution in [1.29, 1.82) is 5.26 Å². The van der Waals surface area contributed by atoms with E-state index in [4.69, 9.17) is 21.6 Å². The number of hydrogen-bond donors (Lipinski definition) is 1. The van der Waals surface area contributed by atoms with Crippen LogP contribution >= 0.6 is 11.6 Å². The third kappa shape index (κ3) is 4.96. The standard InChI is InChI=1S/C23H17ClN2O4/c1-29-23(28)20-12-18(9-10-21(20)24)26-22(27)15-7-4-8-19(11-15)30-14-17-6-3-2-5-16(17)13-25/h2-12H,14H2,1H3,(H,26,27). The number of rotatable bonds is 6. The fourth-order valence-electron chi connectivity index (χ4n) is 2.72. The fraction of sp³-hybridized carbons (Fsp3) is 0.0870. The molecule has 6 nitrogen and oxygen atoms in total. The monoisotopic (exact) mass is 420 g/mol. The zero-order valence-corrected chi connectivity index (χ0v) is 16.8. The van der Waals surface area contributed by atoms with Crippen LogP contribution in [0.3, 0.4) is 0 Å². The molecular weight excluding hydrogens is 404 g/mol. The summed E-state index contributed by atoms with van der Waals surface area (Å²) >= 11 is 6.00. The molecule has 0 atom stereocenters. The molecule has 0 aliphatic rings. The van der Waals surface area contributed by atoms with Crippen LogP contribution in [0.25, 0.3) is 0 Å². The number of anilines is 1. The van der Waals surface area contributed by atoms with E-state index >= 15 is 0 Å². The molecule has 0 bridgehead atoms. The lowest BCUT2D eigenvalue weighted by molar-refractivity contribution is 0.0600. The number of methoxy groups -OCH3 is 1. The van der Waals surface area contributed by atoms with Gasteiger partial charge in [-0.15, -0.1) is 0 Å². The number of nitrogens with one attached hydrogen (secondary N) is 1. The number of benzene rings is 3. The van der Waals surface area contributed by atoms with Crippen LogP contribution in [0.15, 0.2) is 66.7 Å². The fourth-order valence-corrected chi connectivity index (χ4v) is 2.91. The molecule has 1 N–H and O–H groups in total. The first-order valence-corrected chi connectivity index (χ1v) is 9.29. The van der Waals surface area contributed by atoms with E-state index in [9.17, 15) is 9.59 Å². The highest BCUT2D eigenvalue weighted by Crippen LogP contribution is 2.23. The minimum atomic E-state index is -0.593. The Balaban J connectivity index is 1.72. The minimum Gasteiger partial charge on any atom is -0.489 e. The summed E-state index contributed by atoms with van der Waals surface area (Å²) in [5.74, 6) is -0.484. The quantitative estimate of drug-likeness (QED) is 0.577. The number of ether oxygens (including phenoxy) is 2. The number of nitriles is 1. The van der Waals surface area contributed by atoms with Gasteiger partial charge in [0.25, 0.3) is 5.91 Å². The highest BCUT2D eigenvalue weighted by molar-refractivity contribution is 6.33. The van der Waals surface area contributed by atoms with E-state index < -0.39 is 5.97 Å². The molecule has 0 fully saturated rings. The lowest BCUT2D eigenvalue weighted by Crippen LogP contribution is -2.13. The Morgan fingerprint density at radius 2 is 1.87 bits per heavy atom. The van der Waals surface area contributed by atoms with Crippen LogP contribution < -0.4 is 10.1 Å². The van der Waals surface area contributed by atoms with Gasteiger partial charge in [0.1, 0.15) is 12.4 Å². The summed E-state index contributed by atoms with van der Waals surface area (Å²) in [5.41, 5.74) is 2.22. The van der Waals surface area contributed by atoms with Gasteiger partial charge in [-0.1, -0.05) is 35.9 Å². The highest BCUT2D eigenvalue weighted by Gasteiger charge is 2.14. The molecule has 30 heavy (non-hydrogen) atoms. The zero-order valence-electron chi connectivity index (χ0n) is 16.0. The van der Waals surface area contributed by atoms with E-state index in [-0.39, 0.29) is 23.1 Å². The van der Waals surface area contributed by atoms with Gasteiger partial charge in [0, 0.05) is 16.8 Å². The number of amides is 1. The molecule has 3 aromatic rings. The normalized spacial score (nSPS) is 10.0. The third-order valence-corrected chi connectivity index (χ3v) is 4.59. The van der Waals surface area contributed by atoms with Crippen LogP contribution in [0.2, 0.25) is 5.02 Å². The topological polar surface area (TPSA) is 88.4 Å². The van der Waals surface area contributed by atoms with E-state index in [1.54, 1.807) is 42.5 Å². The maximum Gasteiger partial charge on any atom is 0.339 e. The van der Waals surface area contributed by atoms with Crippen LogP contribution in [-0.2, 0) is 11.3 Å². The molecule has 150 valence electrons. The van der Waals surface area contributed by atoms with E-state index in [2.05, 4.69) is 16.1 Å². The summed E-state index contributed by atoms with van der Waals surface area (Å²) in [6.45, 7) is 0.203. The molecule has 0 saturated carbocycles. The second-order valence-electron chi connectivity index (χ2n) is 6.23. The molecule has 0 heterocycles. The smallest absolute Gasteiger partial charge is 0.339 e. The maximum atomic E-state index is 12.6. The molecular formula is C23H17ClN2O4. The molecule has 3 aromatic carbocycles. The van der Waals surface area contributed by atoms with Crippen molar-refractivity contribution in [3.05, 3.63) is 94.0 Å². The van der Waals surface area contributed by atoms with Crippen LogP contribution in [0.5, 0.6) is 5.75 Å². The van der Waals surface area contributed by atoms with Gasteiger partial charge in [-0.05, 0) is 42.5 Å². The molecule has 1 amide bonds. The summed E-state index contributed by atoms with van der Waals surface area (Å²) in [4.78, 5) is 24.4. The van der Waals surface area contributed by atoms with E-state index in [0.717, 1.165) is 5.56 Å². The third-order valence-electron chi connectivity index (χ3n) is 4.26. The first-order chi connectivity index (χ1) is 14.5. The summed E-state index contributed by atoms with van der Waals surface area (Å²) in [5, 5.41) is 12.1. The maximum absolute atomic E-state index is 12.6. The molecule has 3 rings (SSSR count). The van der Waals surface area contributed by atoms with Gasteiger partial charge in [0.15, 0.2) is 0 Å². The van der Waals surface area contributed by atoms with Crippen molar-refractivity contribution < 1.29 is 19.1 Å². The van der Waals surface area contributed by atoms with E-state index in [0.29, 0.717) is 22.6 Å². The Kier molecular flexibility index (Phi) is 6.68. The zero-order chi connectivity index (χ0) is 21.5. The molecule has 0 saturated heterocycles. The number of carbonyl (C=O) groups is 2. The van der Waals surface area contributed by atoms with Crippen molar-refractivity contribution in [3.63, 3.8) is 0 Å². The van der Waals surface area contributed by atoms with Crippen molar-refractivity contribution >= 4 is 29.2 Å². The largest absolute Gasteiger partial charge is 0.489 e. The molecule has 0 aliphatic carbocycles. The average Bonchev–Trinajstić information content (AvgIpc) is 2.78. The summed E-state index contributed by atoms with van der Waals surface area (Å²) in [7, 11) is 1.25. The van der Waals surface area contributed by atoms with Crippen LogP contribution in [0.4, 0.5) is 5.69 Å². The number of nitrogens with zero attached hydrogens (tertiary/aromatic N) is 1. The van der Waals surface area contributed by atoms with Crippen molar-refractivity contribution in [2.24, 2.45) is 0 Å². The van der Waals surface area contributed by atoms with Crippen LogP contribution in [0, 0.1) is 11.3 Å². The lowest BCUT2D eigenvalue weighted by Gasteiger charge is -2.10. The second-order valence-corrected chi connectivity index (χ2v) is 6.63. The van der Waals surface area contributed by atoms with Gasteiger partial charge in [0.05, 0.1) is 29.3 Å². The number of carbonyl (C=O) groups excluding carboxylic acids is 2. The molecule has 0 radical (unpaired) electrons. The van der Waals surface area contributed by atoms with Gasteiger partial charge in [0.2, 0.25) is 0 Å². The number of hydrogen-bond acceptors (Lipinski definition) is 5. The molecule has 0 unspecified atom stereocenters. The number of halogens is 1. The van der Waals surface area contributed by atoms with Crippen molar-refractivity contribution in [3.8, 4) is 11.8 Å². The molecule has 0 aliphatic heterocycles. The van der Waals surface area contributed by atoms with Crippen molar-refractivity contribution in [2.45, 2.75) is 6.61 Å². The molecule has 0 spiro atoms.